The van der Waals surface area contributed by atoms with Crippen LogP contribution < -0.4 is 10.5 Å². The standard InChI is InChI=1S/C17H19NO2/c18-17-15-9-5-4-6-13(15)12-16(17)20-11-10-19-14-7-2-1-3-8-14/h1-9,16-17H,10-12,18H2. The highest BCUT2D eigenvalue weighted by atomic mass is 16.5. The molecule has 0 aromatic heterocycles. The summed E-state index contributed by atoms with van der Waals surface area (Å²) in [5.41, 5.74) is 8.73. The zero-order valence-electron chi connectivity index (χ0n) is 11.4. The average Bonchev–Trinajstić information content (AvgIpc) is 2.82. The van der Waals surface area contributed by atoms with Crippen LogP contribution in [0.2, 0.25) is 0 Å². The van der Waals surface area contributed by atoms with Gasteiger partial charge >= 0.3 is 0 Å². The Bertz CT molecular complexity index is 556. The first-order valence-corrected chi connectivity index (χ1v) is 6.97. The molecular weight excluding hydrogens is 250 g/mol. The lowest BCUT2D eigenvalue weighted by Gasteiger charge is -2.17. The van der Waals surface area contributed by atoms with Gasteiger partial charge in [0.2, 0.25) is 0 Å². The molecule has 1 aliphatic carbocycles. The fourth-order valence-corrected chi connectivity index (χ4v) is 2.63. The van der Waals surface area contributed by atoms with Gasteiger partial charge < -0.3 is 15.2 Å². The Kier molecular flexibility index (Phi) is 4.00. The molecular formula is C17H19NO2. The van der Waals surface area contributed by atoms with E-state index in [0.29, 0.717) is 13.2 Å². The lowest BCUT2D eigenvalue weighted by molar-refractivity contribution is 0.0257. The fraction of sp³-hybridized carbons (Fsp3) is 0.294. The topological polar surface area (TPSA) is 44.5 Å². The molecule has 0 saturated heterocycles. The van der Waals surface area contributed by atoms with Crippen LogP contribution in [0.1, 0.15) is 17.2 Å². The predicted octanol–water partition coefficient (Wildman–Crippen LogP) is 2.71. The van der Waals surface area contributed by atoms with Crippen LogP contribution in [0.25, 0.3) is 0 Å². The molecule has 104 valence electrons. The molecule has 3 rings (SSSR count). The maximum Gasteiger partial charge on any atom is 0.119 e. The van der Waals surface area contributed by atoms with Crippen LogP contribution in [0, 0.1) is 0 Å². The van der Waals surface area contributed by atoms with E-state index in [1.54, 1.807) is 0 Å². The highest BCUT2D eigenvalue weighted by Gasteiger charge is 2.29. The maximum atomic E-state index is 6.22. The van der Waals surface area contributed by atoms with Gasteiger partial charge in [0.15, 0.2) is 0 Å². The van der Waals surface area contributed by atoms with Crippen molar-refractivity contribution in [3.8, 4) is 5.75 Å². The molecule has 2 unspecified atom stereocenters. The largest absolute Gasteiger partial charge is 0.491 e. The summed E-state index contributed by atoms with van der Waals surface area (Å²) in [5.74, 6) is 0.870. The van der Waals surface area contributed by atoms with Gasteiger partial charge in [0.1, 0.15) is 12.4 Å². The highest BCUT2D eigenvalue weighted by Crippen LogP contribution is 2.31. The summed E-state index contributed by atoms with van der Waals surface area (Å²) in [7, 11) is 0. The zero-order valence-corrected chi connectivity index (χ0v) is 11.4. The Morgan fingerprint density at radius 3 is 2.50 bits per heavy atom. The Morgan fingerprint density at radius 1 is 0.950 bits per heavy atom. The molecule has 0 spiro atoms. The zero-order chi connectivity index (χ0) is 13.8. The smallest absolute Gasteiger partial charge is 0.119 e. The van der Waals surface area contributed by atoms with E-state index in [1.165, 1.54) is 11.1 Å². The maximum absolute atomic E-state index is 6.22. The lowest BCUT2D eigenvalue weighted by atomic mass is 10.1. The van der Waals surface area contributed by atoms with E-state index in [9.17, 15) is 0 Å². The van der Waals surface area contributed by atoms with Crippen molar-refractivity contribution in [2.24, 2.45) is 5.73 Å². The molecule has 0 bridgehead atoms. The summed E-state index contributed by atoms with van der Waals surface area (Å²) in [4.78, 5) is 0. The molecule has 0 fully saturated rings. The molecule has 0 radical (unpaired) electrons. The van der Waals surface area contributed by atoms with E-state index >= 15 is 0 Å². The molecule has 1 aliphatic rings. The van der Waals surface area contributed by atoms with Crippen molar-refractivity contribution in [2.75, 3.05) is 13.2 Å². The first-order valence-electron chi connectivity index (χ1n) is 6.97. The Morgan fingerprint density at radius 2 is 1.70 bits per heavy atom. The third-order valence-corrected chi connectivity index (χ3v) is 3.66. The molecule has 2 N–H and O–H groups in total. The fourth-order valence-electron chi connectivity index (χ4n) is 2.63. The number of benzene rings is 2. The molecule has 2 aromatic rings. The Balaban J connectivity index is 1.46. The van der Waals surface area contributed by atoms with E-state index in [2.05, 4.69) is 12.1 Å². The summed E-state index contributed by atoms with van der Waals surface area (Å²) >= 11 is 0. The average molecular weight is 269 g/mol. The van der Waals surface area contributed by atoms with Crippen molar-refractivity contribution in [3.63, 3.8) is 0 Å². The number of hydrogen-bond acceptors (Lipinski definition) is 3. The molecule has 0 saturated carbocycles. The summed E-state index contributed by atoms with van der Waals surface area (Å²) in [5, 5.41) is 0. The SMILES string of the molecule is NC1c2ccccc2CC1OCCOc1ccccc1. The van der Waals surface area contributed by atoms with Crippen molar-refractivity contribution in [1.82, 2.24) is 0 Å². The van der Waals surface area contributed by atoms with Crippen LogP contribution in [-0.4, -0.2) is 19.3 Å². The lowest BCUT2D eigenvalue weighted by Crippen LogP contribution is -2.26. The third kappa shape index (κ3) is 2.84. The van der Waals surface area contributed by atoms with Gasteiger partial charge in [-0.25, -0.2) is 0 Å². The summed E-state index contributed by atoms with van der Waals surface area (Å²) in [6, 6.07) is 18.0. The van der Waals surface area contributed by atoms with Crippen LogP contribution in [0.5, 0.6) is 5.75 Å². The molecule has 2 aromatic carbocycles. The monoisotopic (exact) mass is 269 g/mol. The van der Waals surface area contributed by atoms with Crippen molar-refractivity contribution in [1.29, 1.82) is 0 Å². The van der Waals surface area contributed by atoms with Crippen LogP contribution in [-0.2, 0) is 11.2 Å². The second-order valence-corrected chi connectivity index (χ2v) is 5.00. The van der Waals surface area contributed by atoms with Crippen molar-refractivity contribution < 1.29 is 9.47 Å². The summed E-state index contributed by atoms with van der Waals surface area (Å²) in [6.45, 7) is 1.10. The van der Waals surface area contributed by atoms with Gasteiger partial charge in [-0.05, 0) is 23.3 Å². The van der Waals surface area contributed by atoms with Gasteiger partial charge in [-0.3, -0.25) is 0 Å². The number of fused-ring (bicyclic) bond motifs is 1. The predicted molar refractivity (Wildman–Crippen MR) is 78.8 cm³/mol. The number of nitrogens with two attached hydrogens (primary N) is 1. The van der Waals surface area contributed by atoms with E-state index in [0.717, 1.165) is 12.2 Å². The van der Waals surface area contributed by atoms with Gasteiger partial charge in [-0.15, -0.1) is 0 Å². The van der Waals surface area contributed by atoms with E-state index < -0.39 is 0 Å². The minimum absolute atomic E-state index is 0.0251. The van der Waals surface area contributed by atoms with E-state index in [4.69, 9.17) is 15.2 Å². The van der Waals surface area contributed by atoms with Gasteiger partial charge in [0, 0.05) is 6.42 Å². The minimum Gasteiger partial charge on any atom is -0.491 e. The van der Waals surface area contributed by atoms with Crippen LogP contribution in [0.3, 0.4) is 0 Å². The molecule has 20 heavy (non-hydrogen) atoms. The van der Waals surface area contributed by atoms with Crippen molar-refractivity contribution >= 4 is 0 Å². The number of hydrogen-bond donors (Lipinski definition) is 1. The van der Waals surface area contributed by atoms with Crippen molar-refractivity contribution in [2.45, 2.75) is 18.6 Å². The summed E-state index contributed by atoms with van der Waals surface area (Å²) < 4.78 is 11.5. The summed E-state index contributed by atoms with van der Waals surface area (Å²) in [6.07, 6.45) is 0.953. The Hall–Kier alpha value is -1.84. The third-order valence-electron chi connectivity index (χ3n) is 3.66. The molecule has 3 nitrogen and oxygen atoms in total. The number of ether oxygens (including phenoxy) is 2. The van der Waals surface area contributed by atoms with Crippen LogP contribution in [0.15, 0.2) is 54.6 Å². The minimum atomic E-state index is -0.0251. The van der Waals surface area contributed by atoms with Crippen molar-refractivity contribution in [3.05, 3.63) is 65.7 Å². The molecule has 3 heteroatoms. The first-order chi connectivity index (χ1) is 9.84. The van der Waals surface area contributed by atoms with E-state index in [-0.39, 0.29) is 12.1 Å². The van der Waals surface area contributed by atoms with Gasteiger partial charge in [-0.2, -0.15) is 0 Å². The second-order valence-electron chi connectivity index (χ2n) is 5.00. The number of para-hydroxylation sites is 1. The molecule has 0 aliphatic heterocycles. The number of rotatable bonds is 5. The Labute approximate surface area is 119 Å². The van der Waals surface area contributed by atoms with Crippen LogP contribution in [0.4, 0.5) is 0 Å². The highest BCUT2D eigenvalue weighted by molar-refractivity contribution is 5.36. The van der Waals surface area contributed by atoms with Crippen LogP contribution >= 0.6 is 0 Å². The normalized spacial score (nSPS) is 20.6. The van der Waals surface area contributed by atoms with E-state index in [1.807, 2.05) is 42.5 Å². The molecule has 0 amide bonds. The quantitative estimate of drug-likeness (QED) is 0.849. The second kappa shape index (κ2) is 6.07. The van der Waals surface area contributed by atoms with Gasteiger partial charge in [-0.1, -0.05) is 42.5 Å². The first kappa shape index (κ1) is 13.2. The van der Waals surface area contributed by atoms with Gasteiger partial charge in [0.25, 0.3) is 0 Å². The molecule has 0 heterocycles. The molecule has 2 atom stereocenters. The van der Waals surface area contributed by atoms with Gasteiger partial charge in [0.05, 0.1) is 18.8 Å².